The van der Waals surface area contributed by atoms with Gasteiger partial charge in [0.2, 0.25) is 0 Å². The van der Waals surface area contributed by atoms with Crippen LogP contribution >= 0.6 is 0 Å². The van der Waals surface area contributed by atoms with Crippen LogP contribution in [0.1, 0.15) is 17.2 Å². The third kappa shape index (κ3) is 3.20. The van der Waals surface area contributed by atoms with E-state index in [-0.39, 0.29) is 0 Å². The maximum absolute atomic E-state index is 10.5. The molecule has 0 fully saturated rings. The molecule has 0 bridgehead atoms. The summed E-state index contributed by atoms with van der Waals surface area (Å²) in [6, 6.07) is 19.4. The molecule has 2 rings (SSSR count). The summed E-state index contributed by atoms with van der Waals surface area (Å²) >= 11 is 0. The predicted molar refractivity (Wildman–Crippen MR) is 77.5 cm³/mol. The number of nitrogens with two attached hydrogens (primary N) is 1. The van der Waals surface area contributed by atoms with Crippen LogP contribution in [0.4, 0.5) is 0 Å². The van der Waals surface area contributed by atoms with Gasteiger partial charge < -0.3 is 10.8 Å². The van der Waals surface area contributed by atoms with Crippen molar-refractivity contribution >= 4 is 0 Å². The first kappa shape index (κ1) is 13.7. The van der Waals surface area contributed by atoms with Crippen molar-refractivity contribution in [2.24, 2.45) is 5.73 Å². The Hall–Kier alpha value is -1.68. The molecule has 3 nitrogen and oxygen atoms in total. The Kier molecular flexibility index (Phi) is 4.32. The first-order valence-corrected chi connectivity index (χ1v) is 6.40. The number of hydrogen-bond donors (Lipinski definition) is 3. The van der Waals surface area contributed by atoms with Crippen LogP contribution in [0.25, 0.3) is 0 Å². The maximum Gasteiger partial charge on any atom is 0.110 e. The second-order valence-electron chi connectivity index (χ2n) is 4.77. The van der Waals surface area contributed by atoms with Gasteiger partial charge in [0.05, 0.1) is 0 Å². The number of rotatable bonds is 5. The van der Waals surface area contributed by atoms with Crippen molar-refractivity contribution < 1.29 is 5.11 Å². The molecule has 4 N–H and O–H groups in total. The summed E-state index contributed by atoms with van der Waals surface area (Å²) in [4.78, 5) is 0. The van der Waals surface area contributed by atoms with Gasteiger partial charge in [0.15, 0.2) is 0 Å². The highest BCUT2D eigenvalue weighted by atomic mass is 16.3. The molecule has 0 aliphatic carbocycles. The lowest BCUT2D eigenvalue weighted by atomic mass is 9.90. The van der Waals surface area contributed by atoms with Gasteiger partial charge in [-0.2, -0.15) is 0 Å². The highest BCUT2D eigenvalue weighted by Gasteiger charge is 2.33. The summed E-state index contributed by atoms with van der Waals surface area (Å²) in [5.74, 6) is 0. The van der Waals surface area contributed by atoms with E-state index >= 15 is 0 Å². The molecule has 2 aromatic rings. The molecule has 0 aliphatic heterocycles. The van der Waals surface area contributed by atoms with Gasteiger partial charge in [0.1, 0.15) is 11.8 Å². The smallest absolute Gasteiger partial charge is 0.110 e. The Morgan fingerprint density at radius 1 is 1.05 bits per heavy atom. The van der Waals surface area contributed by atoms with E-state index in [0.717, 1.165) is 11.1 Å². The molecule has 2 unspecified atom stereocenters. The van der Waals surface area contributed by atoms with Gasteiger partial charge in [0, 0.05) is 6.42 Å². The fourth-order valence-electron chi connectivity index (χ4n) is 2.19. The number of likely N-dealkylation sites (N-methyl/N-ethyl adjacent to an activating group) is 1. The van der Waals surface area contributed by atoms with Gasteiger partial charge in [-0.3, -0.25) is 5.32 Å². The molecule has 2 atom stereocenters. The molecule has 0 amide bonds. The van der Waals surface area contributed by atoms with E-state index < -0.39 is 11.8 Å². The molecular formula is C16H20N2O. The number of aliphatic hydroxyl groups is 1. The number of aliphatic hydroxyl groups excluding tert-OH is 1. The first-order chi connectivity index (χ1) is 9.15. The minimum absolute atomic E-state index is 0.556. The minimum Gasteiger partial charge on any atom is -0.385 e. The Bertz CT molecular complexity index is 501. The van der Waals surface area contributed by atoms with E-state index in [4.69, 9.17) is 5.73 Å². The molecular weight excluding hydrogens is 236 g/mol. The fourth-order valence-corrected chi connectivity index (χ4v) is 2.19. The summed E-state index contributed by atoms with van der Waals surface area (Å²) in [6.45, 7) is 0. The Balaban J connectivity index is 2.22. The van der Waals surface area contributed by atoms with Crippen LogP contribution in [0.15, 0.2) is 60.7 Å². The first-order valence-electron chi connectivity index (χ1n) is 6.40. The molecule has 0 aromatic heterocycles. The van der Waals surface area contributed by atoms with E-state index in [9.17, 15) is 5.11 Å². The van der Waals surface area contributed by atoms with Gasteiger partial charge in [-0.15, -0.1) is 0 Å². The average molecular weight is 256 g/mol. The zero-order valence-electron chi connectivity index (χ0n) is 11.1. The second kappa shape index (κ2) is 5.97. The second-order valence-corrected chi connectivity index (χ2v) is 4.77. The van der Waals surface area contributed by atoms with E-state index in [2.05, 4.69) is 5.32 Å². The van der Waals surface area contributed by atoms with Crippen molar-refractivity contribution in [2.45, 2.75) is 18.2 Å². The zero-order chi connectivity index (χ0) is 13.7. The molecule has 100 valence electrons. The lowest BCUT2D eigenvalue weighted by molar-refractivity contribution is 0.0663. The predicted octanol–water partition coefficient (Wildman–Crippen LogP) is 1.84. The zero-order valence-corrected chi connectivity index (χ0v) is 11.1. The third-order valence-electron chi connectivity index (χ3n) is 3.41. The number of hydrogen-bond acceptors (Lipinski definition) is 3. The van der Waals surface area contributed by atoms with Crippen molar-refractivity contribution in [1.29, 1.82) is 0 Å². The largest absolute Gasteiger partial charge is 0.385 e. The van der Waals surface area contributed by atoms with Crippen LogP contribution in [-0.4, -0.2) is 17.8 Å². The molecule has 0 saturated carbocycles. The average Bonchev–Trinajstić information content (AvgIpc) is 2.48. The molecule has 0 radical (unpaired) electrons. The van der Waals surface area contributed by atoms with E-state index in [1.165, 1.54) is 0 Å². The summed E-state index contributed by atoms with van der Waals surface area (Å²) in [5.41, 5.74) is 7.36. The highest BCUT2D eigenvalue weighted by molar-refractivity contribution is 5.24. The number of nitrogens with one attached hydrogen (secondary N) is 1. The summed E-state index contributed by atoms with van der Waals surface area (Å²) < 4.78 is 0. The highest BCUT2D eigenvalue weighted by Crippen LogP contribution is 2.24. The lowest BCUT2D eigenvalue weighted by Gasteiger charge is -2.34. The Labute approximate surface area is 114 Å². The van der Waals surface area contributed by atoms with E-state index in [1.807, 2.05) is 60.7 Å². The van der Waals surface area contributed by atoms with Crippen molar-refractivity contribution in [2.75, 3.05) is 7.05 Å². The minimum atomic E-state index is -0.886. The summed E-state index contributed by atoms with van der Waals surface area (Å²) in [7, 11) is 1.77. The maximum atomic E-state index is 10.5. The van der Waals surface area contributed by atoms with E-state index in [1.54, 1.807) is 7.05 Å². The summed E-state index contributed by atoms with van der Waals surface area (Å²) in [5, 5.41) is 13.6. The van der Waals surface area contributed by atoms with Gasteiger partial charge in [-0.25, -0.2) is 0 Å². The van der Waals surface area contributed by atoms with Crippen LogP contribution in [-0.2, 0) is 6.42 Å². The monoisotopic (exact) mass is 256 g/mol. The van der Waals surface area contributed by atoms with Crippen LogP contribution in [0, 0.1) is 0 Å². The number of benzene rings is 2. The van der Waals surface area contributed by atoms with Gasteiger partial charge >= 0.3 is 0 Å². The quantitative estimate of drug-likeness (QED) is 0.715. The van der Waals surface area contributed by atoms with Gasteiger partial charge in [-0.1, -0.05) is 60.7 Å². The van der Waals surface area contributed by atoms with Crippen molar-refractivity contribution in [3.05, 3.63) is 71.8 Å². The standard InChI is InChI=1S/C16H20N2O/c1-18-16(17,12-13-8-4-2-5-9-13)15(19)14-10-6-3-7-11-14/h2-11,15,18-19H,12,17H2,1H3. The molecule has 0 saturated heterocycles. The third-order valence-corrected chi connectivity index (χ3v) is 3.41. The molecule has 2 aromatic carbocycles. The van der Waals surface area contributed by atoms with Crippen LogP contribution in [0.2, 0.25) is 0 Å². The Morgan fingerprint density at radius 3 is 2.11 bits per heavy atom. The SMILES string of the molecule is CNC(N)(Cc1ccccc1)C(O)c1ccccc1. The van der Waals surface area contributed by atoms with Gasteiger partial charge in [0.25, 0.3) is 0 Å². The van der Waals surface area contributed by atoms with Crippen LogP contribution in [0.5, 0.6) is 0 Å². The lowest BCUT2D eigenvalue weighted by Crippen LogP contribution is -2.58. The molecule has 19 heavy (non-hydrogen) atoms. The van der Waals surface area contributed by atoms with Crippen LogP contribution < -0.4 is 11.1 Å². The van der Waals surface area contributed by atoms with Crippen molar-refractivity contribution in [3.63, 3.8) is 0 Å². The van der Waals surface area contributed by atoms with Gasteiger partial charge in [-0.05, 0) is 18.2 Å². The molecule has 0 aliphatic rings. The normalized spacial score (nSPS) is 15.7. The molecule has 0 heterocycles. The summed E-state index contributed by atoms with van der Waals surface area (Å²) in [6.07, 6.45) is -0.209. The Morgan fingerprint density at radius 2 is 1.58 bits per heavy atom. The van der Waals surface area contributed by atoms with Crippen molar-refractivity contribution in [3.8, 4) is 0 Å². The molecule has 3 heteroatoms. The molecule has 0 spiro atoms. The van der Waals surface area contributed by atoms with E-state index in [0.29, 0.717) is 6.42 Å². The topological polar surface area (TPSA) is 58.3 Å². The fraction of sp³-hybridized carbons (Fsp3) is 0.250. The van der Waals surface area contributed by atoms with Crippen molar-refractivity contribution in [1.82, 2.24) is 5.32 Å². The van der Waals surface area contributed by atoms with Crippen LogP contribution in [0.3, 0.4) is 0 Å².